The average Bonchev–Trinajstić information content (AvgIpc) is 2.82. The Hall–Kier alpha value is -0.0900. The van der Waals surface area contributed by atoms with Gasteiger partial charge in [0.1, 0.15) is 0 Å². The van der Waals surface area contributed by atoms with E-state index in [1.54, 1.807) is 25.1 Å². The highest BCUT2D eigenvalue weighted by Gasteiger charge is 2.53. The fraction of sp³-hybridized carbons (Fsp3) is 1.00. The monoisotopic (exact) mass is 275 g/mol. The van der Waals surface area contributed by atoms with Gasteiger partial charge in [0.15, 0.2) is 0 Å². The fourth-order valence-corrected chi connectivity index (χ4v) is 3.96. The Balaban J connectivity index is 3.29. The molecule has 0 spiro atoms. The molecule has 1 aliphatic rings. The first kappa shape index (κ1) is 16.0. The lowest BCUT2D eigenvalue weighted by Crippen LogP contribution is -2.59. The molecule has 108 valence electrons. The summed E-state index contributed by atoms with van der Waals surface area (Å²) >= 11 is 0. The quantitative estimate of drug-likeness (QED) is 0.791. The van der Waals surface area contributed by atoms with Gasteiger partial charge in [-0.05, 0) is 52.9 Å². The topological polar surface area (TPSA) is 37.4 Å². The van der Waals surface area contributed by atoms with Gasteiger partial charge in [0.25, 0.3) is 0 Å². The maximum absolute atomic E-state index is 12.9. The Labute approximate surface area is 113 Å². The second-order valence-corrected chi connectivity index (χ2v) is 10.5. The molecule has 0 saturated heterocycles. The van der Waals surface area contributed by atoms with Gasteiger partial charge in [-0.1, -0.05) is 20.8 Å². The molecule has 0 atom stereocenters. The lowest BCUT2D eigenvalue weighted by molar-refractivity contribution is 0.0823. The highest BCUT2D eigenvalue weighted by Crippen LogP contribution is 2.45. The van der Waals surface area contributed by atoms with Crippen molar-refractivity contribution in [1.82, 2.24) is 4.31 Å². The molecule has 0 heterocycles. The minimum Gasteiger partial charge on any atom is -0.212 e. The van der Waals surface area contributed by atoms with Gasteiger partial charge in [-0.3, -0.25) is 0 Å². The molecule has 1 rings (SSSR count). The van der Waals surface area contributed by atoms with Crippen molar-refractivity contribution in [2.75, 3.05) is 0 Å². The van der Waals surface area contributed by atoms with E-state index < -0.39 is 14.8 Å². The van der Waals surface area contributed by atoms with E-state index in [-0.39, 0.29) is 17.0 Å². The summed E-state index contributed by atoms with van der Waals surface area (Å²) in [5, 5.41) is 0. The van der Waals surface area contributed by atoms with Crippen LogP contribution in [0.3, 0.4) is 0 Å². The van der Waals surface area contributed by atoms with E-state index in [2.05, 4.69) is 34.6 Å². The van der Waals surface area contributed by atoms with E-state index in [0.717, 1.165) is 12.8 Å². The van der Waals surface area contributed by atoms with Crippen molar-refractivity contribution in [1.29, 1.82) is 0 Å². The molecule has 0 unspecified atom stereocenters. The van der Waals surface area contributed by atoms with Crippen LogP contribution in [0.15, 0.2) is 0 Å². The molecule has 0 bridgehead atoms. The van der Waals surface area contributed by atoms with E-state index >= 15 is 0 Å². The zero-order valence-electron chi connectivity index (χ0n) is 13.2. The first-order valence-electron chi connectivity index (χ1n) is 6.77. The minimum absolute atomic E-state index is 0.0894. The van der Waals surface area contributed by atoms with Gasteiger partial charge < -0.3 is 0 Å². The Morgan fingerprint density at radius 3 is 1.50 bits per heavy atom. The third-order valence-corrected chi connectivity index (χ3v) is 7.12. The molecule has 18 heavy (non-hydrogen) atoms. The summed E-state index contributed by atoms with van der Waals surface area (Å²) in [5.74, 6) is 0. The summed E-state index contributed by atoms with van der Waals surface area (Å²) < 4.78 is 26.8. The normalized spacial score (nSPS) is 19.4. The van der Waals surface area contributed by atoms with Crippen molar-refractivity contribution < 1.29 is 8.42 Å². The second-order valence-electron chi connectivity index (χ2n) is 7.95. The van der Waals surface area contributed by atoms with Crippen LogP contribution in [0.25, 0.3) is 0 Å². The molecule has 0 aromatic rings. The van der Waals surface area contributed by atoms with Gasteiger partial charge >= 0.3 is 0 Å². The number of sulfonamides is 1. The largest absolute Gasteiger partial charge is 0.219 e. The van der Waals surface area contributed by atoms with Crippen LogP contribution in [-0.2, 0) is 10.0 Å². The zero-order chi connectivity index (χ0) is 14.6. The molecule has 4 heteroatoms. The van der Waals surface area contributed by atoms with E-state index in [1.165, 1.54) is 0 Å². The van der Waals surface area contributed by atoms with Crippen molar-refractivity contribution in [2.24, 2.45) is 5.41 Å². The lowest BCUT2D eigenvalue weighted by atomic mass is 9.76. The summed E-state index contributed by atoms with van der Waals surface area (Å²) in [6, 6.07) is 0.198. The Bertz CT molecular complexity index is 406. The van der Waals surface area contributed by atoms with Crippen LogP contribution in [0.2, 0.25) is 0 Å². The first-order valence-corrected chi connectivity index (χ1v) is 8.21. The van der Waals surface area contributed by atoms with Crippen molar-refractivity contribution in [3.05, 3.63) is 0 Å². The maximum Gasteiger partial charge on any atom is 0.219 e. The summed E-state index contributed by atoms with van der Waals surface area (Å²) in [4.78, 5) is 0. The summed E-state index contributed by atoms with van der Waals surface area (Å²) in [7, 11) is -3.28. The van der Waals surface area contributed by atoms with Crippen molar-refractivity contribution in [3.63, 3.8) is 0 Å². The molecule has 1 aliphatic carbocycles. The van der Waals surface area contributed by atoms with E-state index in [1.807, 2.05) is 0 Å². The minimum atomic E-state index is -3.28. The fourth-order valence-electron chi connectivity index (χ4n) is 1.89. The van der Waals surface area contributed by atoms with Gasteiger partial charge in [0, 0.05) is 11.6 Å². The van der Waals surface area contributed by atoms with Crippen molar-refractivity contribution in [3.8, 4) is 0 Å². The van der Waals surface area contributed by atoms with Gasteiger partial charge in [-0.25, -0.2) is 8.42 Å². The third-order valence-electron chi connectivity index (χ3n) is 4.30. The molecule has 3 nitrogen and oxygen atoms in total. The number of hydrogen-bond donors (Lipinski definition) is 0. The predicted octanol–water partition coefficient (Wildman–Crippen LogP) is 3.40. The van der Waals surface area contributed by atoms with E-state index in [9.17, 15) is 8.42 Å². The molecule has 1 saturated carbocycles. The summed E-state index contributed by atoms with van der Waals surface area (Å²) in [6.45, 7) is 15.8. The zero-order valence-corrected chi connectivity index (χ0v) is 14.0. The van der Waals surface area contributed by atoms with Crippen LogP contribution in [0.4, 0.5) is 0 Å². The Morgan fingerprint density at radius 1 is 0.889 bits per heavy atom. The van der Waals surface area contributed by atoms with Crippen LogP contribution in [0, 0.1) is 5.41 Å². The number of nitrogens with zero attached hydrogens (tertiary/aromatic N) is 1. The molecule has 0 radical (unpaired) electrons. The Morgan fingerprint density at radius 2 is 1.28 bits per heavy atom. The molecule has 0 aliphatic heterocycles. The molecule has 0 aromatic carbocycles. The second kappa shape index (κ2) is 4.20. The molecule has 0 aromatic heterocycles. The van der Waals surface area contributed by atoms with Gasteiger partial charge in [-0.2, -0.15) is 4.31 Å². The highest BCUT2D eigenvalue weighted by atomic mass is 32.2. The van der Waals surface area contributed by atoms with Crippen LogP contribution in [0.5, 0.6) is 0 Å². The molecule has 0 N–H and O–H groups in total. The van der Waals surface area contributed by atoms with Gasteiger partial charge in [0.05, 0.1) is 4.75 Å². The van der Waals surface area contributed by atoms with Gasteiger partial charge in [-0.15, -0.1) is 0 Å². The van der Waals surface area contributed by atoms with Crippen LogP contribution < -0.4 is 0 Å². The first-order chi connectivity index (χ1) is 7.73. The maximum atomic E-state index is 12.9. The Kier molecular flexibility index (Phi) is 3.73. The van der Waals surface area contributed by atoms with Crippen molar-refractivity contribution >= 4 is 10.0 Å². The molecule has 1 fully saturated rings. The van der Waals surface area contributed by atoms with Crippen LogP contribution >= 0.6 is 0 Å². The van der Waals surface area contributed by atoms with Crippen LogP contribution in [-0.4, -0.2) is 29.1 Å². The molecular formula is C14H29NO2S. The average molecular weight is 275 g/mol. The predicted molar refractivity (Wildman–Crippen MR) is 77.1 cm³/mol. The highest BCUT2D eigenvalue weighted by molar-refractivity contribution is 7.90. The van der Waals surface area contributed by atoms with Gasteiger partial charge in [0.2, 0.25) is 10.0 Å². The third kappa shape index (κ3) is 2.60. The standard InChI is InChI=1S/C14H29NO2S/c1-12(2,3)14(7,8)15(11-9-10-11)18(16,17)13(4,5)6/h11H,9-10H2,1-8H3. The summed E-state index contributed by atoms with van der Waals surface area (Å²) in [5.41, 5.74) is -0.464. The van der Waals surface area contributed by atoms with E-state index in [4.69, 9.17) is 0 Å². The SMILES string of the molecule is CC(C)(C)C(C)(C)N(C1CC1)S(=O)(=O)C(C)(C)C. The molecule has 0 amide bonds. The molecular weight excluding hydrogens is 246 g/mol. The number of rotatable bonds is 3. The van der Waals surface area contributed by atoms with Crippen LogP contribution in [0.1, 0.15) is 68.2 Å². The number of hydrogen-bond acceptors (Lipinski definition) is 2. The van der Waals surface area contributed by atoms with Crippen molar-refractivity contribution in [2.45, 2.75) is 84.6 Å². The smallest absolute Gasteiger partial charge is 0.212 e. The summed E-state index contributed by atoms with van der Waals surface area (Å²) in [6.07, 6.45) is 1.99. The lowest BCUT2D eigenvalue weighted by Gasteiger charge is -2.49. The van der Waals surface area contributed by atoms with E-state index in [0.29, 0.717) is 0 Å².